The maximum Gasteiger partial charge on any atom is 1.00 e. The molecule has 2 heterocycles. The van der Waals surface area contributed by atoms with E-state index in [0.717, 1.165) is 6.42 Å². The van der Waals surface area contributed by atoms with Crippen LogP contribution in [0.1, 0.15) is 45.8 Å². The second-order valence-electron chi connectivity index (χ2n) is 9.20. The maximum atomic E-state index is 6.56. The van der Waals surface area contributed by atoms with E-state index in [-0.39, 0.29) is 36.2 Å². The standard InChI is InChI=1S/C18H30BO3Si.Li/c1-17(2)18(3,4)22-19(21-17)16(23(5,6)7)13-15(20-19)14-11-9-8-10-12-14;/h8-12,15-16H,13H2,1-7H3;/q-1;+1/t15-,16+;/m0./s1. The van der Waals surface area contributed by atoms with Crippen molar-refractivity contribution in [3.63, 3.8) is 0 Å². The van der Waals surface area contributed by atoms with Gasteiger partial charge in [-0.2, -0.15) is 0 Å². The quantitative estimate of drug-likeness (QED) is 0.770. The average Bonchev–Trinajstić information content (AvgIpc) is 2.85. The maximum absolute atomic E-state index is 6.56. The van der Waals surface area contributed by atoms with Crippen LogP contribution in [-0.2, 0) is 14.0 Å². The molecule has 6 heteroatoms. The second-order valence-corrected chi connectivity index (χ2v) is 14.7. The Morgan fingerprint density at radius 1 is 0.958 bits per heavy atom. The monoisotopic (exact) mass is 340 g/mol. The summed E-state index contributed by atoms with van der Waals surface area (Å²) in [5, 5.41) is 0. The van der Waals surface area contributed by atoms with Gasteiger partial charge < -0.3 is 14.0 Å². The second kappa shape index (κ2) is 6.30. The summed E-state index contributed by atoms with van der Waals surface area (Å²) in [6, 6.07) is 10.5. The van der Waals surface area contributed by atoms with Gasteiger partial charge in [-0.15, -0.1) is 0 Å². The van der Waals surface area contributed by atoms with E-state index in [4.69, 9.17) is 14.0 Å². The van der Waals surface area contributed by atoms with Crippen molar-refractivity contribution in [2.75, 3.05) is 0 Å². The van der Waals surface area contributed by atoms with Crippen molar-refractivity contribution < 1.29 is 32.8 Å². The molecule has 2 atom stereocenters. The van der Waals surface area contributed by atoms with Crippen molar-refractivity contribution in [2.45, 2.75) is 76.5 Å². The Morgan fingerprint density at radius 2 is 1.46 bits per heavy atom. The first kappa shape index (κ1) is 20.3. The number of benzene rings is 1. The van der Waals surface area contributed by atoms with Gasteiger partial charge in [-0.3, -0.25) is 0 Å². The van der Waals surface area contributed by atoms with Crippen LogP contribution in [0.4, 0.5) is 0 Å². The van der Waals surface area contributed by atoms with Gasteiger partial charge >= 0.3 is 25.6 Å². The van der Waals surface area contributed by atoms with Gasteiger partial charge in [0.2, 0.25) is 0 Å². The Hall–Kier alpha value is -0.0208. The van der Waals surface area contributed by atoms with E-state index < -0.39 is 14.8 Å². The zero-order valence-electron chi connectivity index (χ0n) is 16.6. The summed E-state index contributed by atoms with van der Waals surface area (Å²) in [5.41, 5.74) is 0.894. The van der Waals surface area contributed by atoms with Gasteiger partial charge in [0, 0.05) is 25.4 Å². The molecular formula is C18H30BLiO3Si. The van der Waals surface area contributed by atoms with Crippen molar-refractivity contribution in [1.82, 2.24) is 0 Å². The molecule has 1 aromatic rings. The predicted octanol–water partition coefficient (Wildman–Crippen LogP) is 1.94. The molecular weight excluding hydrogens is 310 g/mol. The van der Waals surface area contributed by atoms with Gasteiger partial charge in [0.1, 0.15) is 0 Å². The minimum Gasteiger partial charge on any atom is -0.539 e. The first-order chi connectivity index (χ1) is 10.5. The van der Waals surface area contributed by atoms with E-state index in [1.54, 1.807) is 0 Å². The summed E-state index contributed by atoms with van der Waals surface area (Å²) in [6.45, 7) is 13.9. The minimum atomic E-state index is -1.71. The average molecular weight is 340 g/mol. The third kappa shape index (κ3) is 3.32. The smallest absolute Gasteiger partial charge is 0.539 e. The Morgan fingerprint density at radius 3 is 1.92 bits per heavy atom. The summed E-state index contributed by atoms with van der Waals surface area (Å²) < 4.78 is 19.7. The molecule has 2 saturated heterocycles. The predicted molar refractivity (Wildman–Crippen MR) is 98.1 cm³/mol. The molecule has 3 rings (SSSR count). The Bertz CT molecular complexity index is 570. The Balaban J connectivity index is 0.00000208. The molecule has 2 fully saturated rings. The molecule has 128 valence electrons. The summed E-state index contributed by atoms with van der Waals surface area (Å²) in [5.74, 6) is 0. The van der Waals surface area contributed by atoms with Gasteiger partial charge in [-0.25, -0.2) is 0 Å². The van der Waals surface area contributed by atoms with Crippen LogP contribution in [-0.4, -0.2) is 26.0 Å². The molecule has 0 N–H and O–H groups in total. The molecule has 0 unspecified atom stereocenters. The van der Waals surface area contributed by atoms with Crippen LogP contribution in [0.15, 0.2) is 30.3 Å². The summed E-state index contributed by atoms with van der Waals surface area (Å²) in [4.78, 5) is 0. The van der Waals surface area contributed by atoms with Crippen LogP contribution in [0.2, 0.25) is 25.1 Å². The Labute approximate surface area is 160 Å². The molecule has 0 bridgehead atoms. The normalized spacial score (nSPS) is 30.3. The van der Waals surface area contributed by atoms with E-state index >= 15 is 0 Å². The number of hydrogen-bond acceptors (Lipinski definition) is 3. The fourth-order valence-electron chi connectivity index (χ4n) is 3.97. The van der Waals surface area contributed by atoms with E-state index in [2.05, 4.69) is 71.6 Å². The van der Waals surface area contributed by atoms with Crippen LogP contribution in [0.3, 0.4) is 0 Å². The van der Waals surface area contributed by atoms with E-state index in [1.165, 1.54) is 5.56 Å². The summed E-state index contributed by atoms with van der Waals surface area (Å²) in [6.07, 6.45) is 1.06. The van der Waals surface area contributed by atoms with Crippen molar-refractivity contribution >= 4 is 14.8 Å². The number of rotatable bonds is 2. The summed E-state index contributed by atoms with van der Waals surface area (Å²) in [7, 11) is -1.51. The molecule has 0 aromatic heterocycles. The van der Waals surface area contributed by atoms with Gasteiger partial charge in [-0.05, 0) is 33.3 Å². The minimum absolute atomic E-state index is 0. The number of hydrogen-bond donors (Lipinski definition) is 0. The first-order valence-electron chi connectivity index (χ1n) is 8.74. The zero-order valence-corrected chi connectivity index (χ0v) is 17.6. The molecule has 0 saturated carbocycles. The zero-order chi connectivity index (χ0) is 17.1. The fraction of sp³-hybridized carbons (Fsp3) is 0.667. The van der Waals surface area contributed by atoms with Gasteiger partial charge in [0.15, 0.2) is 0 Å². The largest absolute Gasteiger partial charge is 1.00 e. The van der Waals surface area contributed by atoms with Gasteiger partial charge in [0.05, 0.1) is 0 Å². The SMILES string of the molecule is CC1(C)O[B-]2(O[C@H](c3ccccc3)C[C@H]2[Si](C)(C)C)OC1(C)C.[Li+]. The van der Waals surface area contributed by atoms with Crippen molar-refractivity contribution in [3.8, 4) is 0 Å². The van der Waals surface area contributed by atoms with Crippen LogP contribution in [0, 0.1) is 0 Å². The van der Waals surface area contributed by atoms with Crippen molar-refractivity contribution in [3.05, 3.63) is 35.9 Å². The third-order valence-electron chi connectivity index (χ3n) is 5.97. The molecule has 0 aliphatic carbocycles. The van der Waals surface area contributed by atoms with E-state index in [0.29, 0.717) is 5.44 Å². The van der Waals surface area contributed by atoms with E-state index in [9.17, 15) is 0 Å². The first-order valence-corrected chi connectivity index (χ1v) is 12.3. The topological polar surface area (TPSA) is 27.7 Å². The van der Waals surface area contributed by atoms with Crippen LogP contribution in [0.5, 0.6) is 0 Å². The molecule has 2 aliphatic heterocycles. The third-order valence-corrected chi connectivity index (χ3v) is 8.83. The van der Waals surface area contributed by atoms with Crippen molar-refractivity contribution in [2.24, 2.45) is 0 Å². The van der Waals surface area contributed by atoms with Crippen LogP contribution >= 0.6 is 0 Å². The molecule has 1 aromatic carbocycles. The Kier molecular flexibility index (Phi) is 5.33. The molecule has 1 spiro atoms. The molecule has 0 amide bonds. The molecule has 24 heavy (non-hydrogen) atoms. The van der Waals surface area contributed by atoms with Crippen LogP contribution < -0.4 is 18.9 Å². The fourth-order valence-corrected chi connectivity index (χ4v) is 6.33. The summed E-state index contributed by atoms with van der Waals surface area (Å²) >= 11 is 0. The van der Waals surface area contributed by atoms with E-state index in [1.807, 2.05) is 6.07 Å². The van der Waals surface area contributed by atoms with Gasteiger partial charge in [0.25, 0.3) is 0 Å². The van der Waals surface area contributed by atoms with Gasteiger partial charge in [-0.1, -0.05) is 61.8 Å². The molecule has 0 radical (unpaired) electrons. The van der Waals surface area contributed by atoms with Crippen LogP contribution in [0.25, 0.3) is 0 Å². The molecule has 2 aliphatic rings. The van der Waals surface area contributed by atoms with Crippen molar-refractivity contribution in [1.29, 1.82) is 0 Å². The molecule has 3 nitrogen and oxygen atoms in total.